The van der Waals surface area contributed by atoms with Gasteiger partial charge in [0.05, 0.1) is 17.6 Å². The minimum absolute atomic E-state index is 0.617. The van der Waals surface area contributed by atoms with Crippen LogP contribution in [-0.4, -0.2) is 9.38 Å². The summed E-state index contributed by atoms with van der Waals surface area (Å²) in [6.07, 6.45) is 0. The van der Waals surface area contributed by atoms with Crippen LogP contribution in [0.3, 0.4) is 0 Å². The lowest BCUT2D eigenvalue weighted by molar-refractivity contribution is 1.32. The zero-order valence-electron chi connectivity index (χ0n) is 26.4. The molecule has 0 bridgehead atoms. The van der Waals surface area contributed by atoms with Crippen molar-refractivity contribution in [1.82, 2.24) is 9.38 Å². The zero-order chi connectivity index (χ0) is 32.5. The van der Waals surface area contributed by atoms with Gasteiger partial charge < -0.3 is 0 Å². The lowest BCUT2D eigenvalue weighted by atomic mass is 9.85. The molecule has 226 valence electrons. The smallest absolute Gasteiger partial charge is 0.189 e. The van der Waals surface area contributed by atoms with Crippen molar-refractivity contribution in [1.29, 1.82) is 0 Å². The highest BCUT2D eigenvalue weighted by Gasteiger charge is 2.19. The Labute approximate surface area is 282 Å². The van der Waals surface area contributed by atoms with Crippen molar-refractivity contribution in [2.75, 3.05) is 0 Å². The van der Waals surface area contributed by atoms with Gasteiger partial charge in [-0.1, -0.05) is 127 Å². The second-order valence-electron chi connectivity index (χ2n) is 12.6. The second kappa shape index (κ2) is 10.6. The number of aromatic nitrogens is 2. The molecule has 49 heavy (non-hydrogen) atoms. The minimum Gasteiger partial charge on any atom is -0.293 e. The lowest BCUT2D eigenvalue weighted by Gasteiger charge is -2.19. The Hall–Kier alpha value is -6.76. The molecular weight excluding hydrogens is 595 g/mol. The number of hydrogen-bond donors (Lipinski definition) is 0. The number of hydrogen-bond acceptors (Lipinski definition) is 1. The SMILES string of the molecule is [C-]#[N+]c1ccc2c3cc(-c4ccc5c(-c6ccccc6)c6ccccc6c(-c6ccccc6)c5c4)ccc3c3nc4ccccc4n3c2c1. The van der Waals surface area contributed by atoms with Crippen LogP contribution < -0.4 is 0 Å². The van der Waals surface area contributed by atoms with Gasteiger partial charge in [0.25, 0.3) is 0 Å². The number of rotatable bonds is 3. The highest BCUT2D eigenvalue weighted by atomic mass is 15.0. The third kappa shape index (κ3) is 4.11. The van der Waals surface area contributed by atoms with Crippen molar-refractivity contribution in [2.45, 2.75) is 0 Å². The van der Waals surface area contributed by atoms with Crippen LogP contribution in [0.5, 0.6) is 0 Å². The average molecular weight is 622 g/mol. The Balaban J connectivity index is 1.29. The van der Waals surface area contributed by atoms with Gasteiger partial charge >= 0.3 is 0 Å². The first-order valence-corrected chi connectivity index (χ1v) is 16.5. The Morgan fingerprint density at radius 3 is 1.65 bits per heavy atom. The Kier molecular flexibility index (Phi) is 5.94. The summed E-state index contributed by atoms with van der Waals surface area (Å²) in [6, 6.07) is 58.2. The molecular formula is C46H27N3. The first-order chi connectivity index (χ1) is 24.3. The van der Waals surface area contributed by atoms with Crippen LogP contribution in [-0.2, 0) is 0 Å². The molecule has 2 heterocycles. The van der Waals surface area contributed by atoms with E-state index in [1.54, 1.807) is 0 Å². The number of imidazole rings is 1. The summed E-state index contributed by atoms with van der Waals surface area (Å²) >= 11 is 0. The highest BCUT2D eigenvalue weighted by Crippen LogP contribution is 2.45. The normalized spacial score (nSPS) is 11.7. The number of fused-ring (bicyclic) bond motifs is 10. The van der Waals surface area contributed by atoms with E-state index in [9.17, 15) is 0 Å². The molecule has 0 unspecified atom stereocenters. The first-order valence-electron chi connectivity index (χ1n) is 16.5. The van der Waals surface area contributed by atoms with Gasteiger partial charge in [-0.25, -0.2) is 9.83 Å². The molecule has 10 rings (SSSR count). The summed E-state index contributed by atoms with van der Waals surface area (Å²) in [5.41, 5.74) is 11.7. The number of para-hydroxylation sites is 2. The Morgan fingerprint density at radius 2 is 0.959 bits per heavy atom. The van der Waals surface area contributed by atoms with Gasteiger partial charge in [-0.3, -0.25) is 4.40 Å². The van der Waals surface area contributed by atoms with Crippen LogP contribution in [0.15, 0.2) is 164 Å². The third-order valence-electron chi connectivity index (χ3n) is 9.94. The molecule has 0 aliphatic rings. The molecule has 0 aliphatic carbocycles. The van der Waals surface area contributed by atoms with Gasteiger partial charge in [-0.15, -0.1) is 0 Å². The molecule has 0 aliphatic heterocycles. The van der Waals surface area contributed by atoms with Crippen LogP contribution >= 0.6 is 0 Å². The predicted molar refractivity (Wildman–Crippen MR) is 205 cm³/mol. The number of pyridine rings is 1. The van der Waals surface area contributed by atoms with E-state index in [1.165, 1.54) is 43.8 Å². The van der Waals surface area contributed by atoms with Gasteiger partial charge in [-0.05, 0) is 96.7 Å². The van der Waals surface area contributed by atoms with Crippen molar-refractivity contribution >= 4 is 65.6 Å². The van der Waals surface area contributed by atoms with Gasteiger partial charge in [0.15, 0.2) is 5.69 Å². The van der Waals surface area contributed by atoms with Gasteiger partial charge in [0.2, 0.25) is 0 Å². The van der Waals surface area contributed by atoms with Crippen LogP contribution in [0.1, 0.15) is 0 Å². The summed E-state index contributed by atoms with van der Waals surface area (Å²) in [5.74, 6) is 0. The van der Waals surface area contributed by atoms with Crippen molar-refractivity contribution in [3.05, 3.63) is 175 Å². The van der Waals surface area contributed by atoms with E-state index in [0.29, 0.717) is 5.69 Å². The average Bonchev–Trinajstić information content (AvgIpc) is 3.57. The fraction of sp³-hybridized carbons (Fsp3) is 0. The highest BCUT2D eigenvalue weighted by molar-refractivity contribution is 6.22. The van der Waals surface area contributed by atoms with E-state index in [2.05, 4.69) is 149 Å². The molecule has 0 atom stereocenters. The monoisotopic (exact) mass is 621 g/mol. The predicted octanol–water partition coefficient (Wildman–Crippen LogP) is 12.7. The molecule has 0 saturated heterocycles. The van der Waals surface area contributed by atoms with Crippen molar-refractivity contribution in [3.8, 4) is 33.4 Å². The summed E-state index contributed by atoms with van der Waals surface area (Å²) in [5, 5.41) is 8.26. The van der Waals surface area contributed by atoms with E-state index in [-0.39, 0.29) is 0 Å². The van der Waals surface area contributed by atoms with Crippen molar-refractivity contribution in [3.63, 3.8) is 0 Å². The van der Waals surface area contributed by atoms with Crippen LogP contribution in [0.2, 0.25) is 0 Å². The van der Waals surface area contributed by atoms with Crippen molar-refractivity contribution < 1.29 is 0 Å². The molecule has 3 nitrogen and oxygen atoms in total. The number of benzene rings is 8. The lowest BCUT2D eigenvalue weighted by Crippen LogP contribution is -1.93. The Bertz CT molecular complexity index is 2990. The molecule has 0 N–H and O–H groups in total. The maximum Gasteiger partial charge on any atom is 0.189 e. The quantitative estimate of drug-likeness (QED) is 0.109. The van der Waals surface area contributed by atoms with E-state index in [0.717, 1.165) is 49.5 Å². The molecule has 2 aromatic heterocycles. The maximum atomic E-state index is 7.73. The molecule has 3 heteroatoms. The largest absolute Gasteiger partial charge is 0.293 e. The molecule has 0 amide bonds. The molecule has 0 fully saturated rings. The first kappa shape index (κ1) is 27.4. The van der Waals surface area contributed by atoms with Crippen LogP contribution in [0.4, 0.5) is 5.69 Å². The van der Waals surface area contributed by atoms with Gasteiger partial charge in [0, 0.05) is 16.3 Å². The standard InChI is InChI=1S/C46H27N3/c1-47-33-22-25-34-39-26-31(21-24-38(39)46-48-41-18-10-11-19-42(41)49(46)43(34)28-33)32-20-23-37-40(27-32)45(30-14-6-3-7-15-30)36-17-9-8-16-35(36)44(37)29-12-4-2-5-13-29/h2-28H. The van der Waals surface area contributed by atoms with Crippen molar-refractivity contribution in [2.24, 2.45) is 0 Å². The fourth-order valence-corrected chi connectivity index (χ4v) is 7.78. The molecule has 0 spiro atoms. The summed E-state index contributed by atoms with van der Waals surface area (Å²) in [4.78, 5) is 8.86. The Morgan fingerprint density at radius 1 is 0.408 bits per heavy atom. The van der Waals surface area contributed by atoms with E-state index >= 15 is 0 Å². The van der Waals surface area contributed by atoms with E-state index in [1.807, 2.05) is 24.3 Å². The molecule has 10 aromatic rings. The summed E-state index contributed by atoms with van der Waals surface area (Å²) in [7, 11) is 0. The molecule has 8 aromatic carbocycles. The van der Waals surface area contributed by atoms with E-state index in [4.69, 9.17) is 11.6 Å². The number of nitrogens with zero attached hydrogens (tertiary/aromatic N) is 3. The fourth-order valence-electron chi connectivity index (χ4n) is 7.78. The molecule has 0 radical (unpaired) electrons. The second-order valence-corrected chi connectivity index (χ2v) is 12.6. The zero-order valence-corrected chi connectivity index (χ0v) is 26.4. The van der Waals surface area contributed by atoms with Crippen LogP contribution in [0.25, 0.3) is 98.1 Å². The third-order valence-corrected chi connectivity index (χ3v) is 9.94. The van der Waals surface area contributed by atoms with Gasteiger partial charge in [0.1, 0.15) is 5.65 Å². The minimum atomic E-state index is 0.617. The van der Waals surface area contributed by atoms with Gasteiger partial charge in [-0.2, -0.15) is 0 Å². The molecule has 0 saturated carbocycles. The topological polar surface area (TPSA) is 21.7 Å². The van der Waals surface area contributed by atoms with E-state index < -0.39 is 0 Å². The summed E-state index contributed by atoms with van der Waals surface area (Å²) < 4.78 is 2.21. The van der Waals surface area contributed by atoms with Crippen LogP contribution in [0, 0.1) is 6.57 Å². The maximum absolute atomic E-state index is 7.73. The summed E-state index contributed by atoms with van der Waals surface area (Å²) in [6.45, 7) is 7.73.